The summed E-state index contributed by atoms with van der Waals surface area (Å²) in [4.78, 5) is 23.0. The van der Waals surface area contributed by atoms with Crippen molar-refractivity contribution in [3.05, 3.63) is 24.3 Å². The summed E-state index contributed by atoms with van der Waals surface area (Å²) in [7, 11) is 0. The van der Waals surface area contributed by atoms with Crippen LogP contribution in [0.15, 0.2) is 24.3 Å². The van der Waals surface area contributed by atoms with Gasteiger partial charge < -0.3 is 28.4 Å². The number of ether oxygens (including phenoxy) is 6. The first-order valence-electron chi connectivity index (χ1n) is 9.51. The Bertz CT molecular complexity index is 591. The van der Waals surface area contributed by atoms with Crippen molar-refractivity contribution >= 4 is 11.9 Å². The molecule has 2 unspecified atom stereocenters. The van der Waals surface area contributed by atoms with Gasteiger partial charge in [-0.1, -0.05) is 13.2 Å². The molecule has 3 rings (SSSR count). The molecule has 28 heavy (non-hydrogen) atoms. The van der Waals surface area contributed by atoms with Gasteiger partial charge in [0.15, 0.2) is 11.6 Å². The second-order valence-electron chi connectivity index (χ2n) is 7.68. The van der Waals surface area contributed by atoms with Crippen LogP contribution in [0.5, 0.6) is 0 Å². The fraction of sp³-hybridized carbons (Fsp3) is 0.700. The molecule has 3 fully saturated rings. The normalized spacial score (nSPS) is 34.5. The van der Waals surface area contributed by atoms with Crippen molar-refractivity contribution in [3.63, 3.8) is 0 Å². The lowest BCUT2D eigenvalue weighted by atomic mass is 9.89. The highest BCUT2D eigenvalue weighted by Gasteiger charge is 2.52. The number of hydrogen-bond donors (Lipinski definition) is 0. The Hall–Kier alpha value is -1.74. The van der Waals surface area contributed by atoms with Crippen LogP contribution >= 0.6 is 0 Å². The summed E-state index contributed by atoms with van der Waals surface area (Å²) >= 11 is 0. The molecule has 2 aliphatic heterocycles. The van der Waals surface area contributed by atoms with Crippen LogP contribution in [0.3, 0.4) is 0 Å². The summed E-state index contributed by atoms with van der Waals surface area (Å²) in [6.45, 7) is 11.3. The van der Waals surface area contributed by atoms with E-state index >= 15 is 0 Å². The van der Waals surface area contributed by atoms with Gasteiger partial charge in [-0.2, -0.15) is 0 Å². The van der Waals surface area contributed by atoms with Gasteiger partial charge in [0.2, 0.25) is 0 Å². The van der Waals surface area contributed by atoms with Gasteiger partial charge in [-0.15, -0.1) is 0 Å². The van der Waals surface area contributed by atoms with Crippen LogP contribution < -0.4 is 0 Å². The molecule has 156 valence electrons. The predicted molar refractivity (Wildman–Crippen MR) is 97.1 cm³/mol. The highest BCUT2D eigenvalue weighted by atomic mass is 16.8. The zero-order valence-electron chi connectivity index (χ0n) is 16.5. The van der Waals surface area contributed by atoms with Crippen molar-refractivity contribution in [2.45, 2.75) is 63.3 Å². The minimum atomic E-state index is -0.692. The molecule has 0 N–H and O–H groups in total. The van der Waals surface area contributed by atoms with E-state index in [0.717, 1.165) is 0 Å². The minimum Gasteiger partial charge on any atom is -0.459 e. The Labute approximate surface area is 164 Å². The van der Waals surface area contributed by atoms with Gasteiger partial charge in [0, 0.05) is 36.8 Å². The highest BCUT2D eigenvalue weighted by Crippen LogP contribution is 2.46. The molecule has 0 aromatic rings. The van der Waals surface area contributed by atoms with Gasteiger partial charge in [0.1, 0.15) is 25.4 Å². The van der Waals surface area contributed by atoms with Crippen molar-refractivity contribution < 1.29 is 38.0 Å². The summed E-state index contributed by atoms with van der Waals surface area (Å²) in [6, 6.07) is 0. The third kappa shape index (κ3) is 4.81. The van der Waals surface area contributed by atoms with Crippen LogP contribution in [-0.4, -0.2) is 62.1 Å². The molecule has 2 spiro atoms. The van der Waals surface area contributed by atoms with E-state index in [1.165, 1.54) is 0 Å². The lowest BCUT2D eigenvalue weighted by Gasteiger charge is -2.40. The molecule has 3 aliphatic rings. The quantitative estimate of drug-likeness (QED) is 0.498. The molecule has 1 saturated carbocycles. The number of esters is 2. The van der Waals surface area contributed by atoms with Crippen LogP contribution in [0.1, 0.15) is 39.5 Å². The molecule has 8 heteroatoms. The topological polar surface area (TPSA) is 89.5 Å². The molecule has 0 aromatic heterocycles. The van der Waals surface area contributed by atoms with Crippen molar-refractivity contribution in [3.8, 4) is 0 Å². The largest absolute Gasteiger partial charge is 0.459 e. The lowest BCUT2D eigenvalue weighted by Crippen LogP contribution is -2.45. The molecule has 1 aliphatic carbocycles. The first-order valence-corrected chi connectivity index (χ1v) is 9.51. The Morgan fingerprint density at radius 1 is 0.821 bits per heavy atom. The number of hydrogen-bond acceptors (Lipinski definition) is 8. The van der Waals surface area contributed by atoms with E-state index in [1.54, 1.807) is 13.8 Å². The number of carbonyl (C=O) groups excluding carboxylic acids is 2. The molecule has 2 saturated heterocycles. The second-order valence-corrected chi connectivity index (χ2v) is 7.68. The average molecular weight is 396 g/mol. The Morgan fingerprint density at radius 2 is 1.18 bits per heavy atom. The van der Waals surface area contributed by atoms with Crippen molar-refractivity contribution in [2.24, 2.45) is 0 Å². The van der Waals surface area contributed by atoms with Crippen LogP contribution in [0.25, 0.3) is 0 Å². The van der Waals surface area contributed by atoms with Gasteiger partial charge in [0.25, 0.3) is 0 Å². The SMILES string of the molecule is C=C(C)C(=O)OCC1COC2(CCC3(CC2)OCC(COC(=O)C(=C)C)O3)O1. The van der Waals surface area contributed by atoms with Crippen molar-refractivity contribution in [1.29, 1.82) is 0 Å². The fourth-order valence-corrected chi connectivity index (χ4v) is 3.52. The van der Waals surface area contributed by atoms with E-state index in [-0.39, 0.29) is 25.4 Å². The molecular formula is C20H28O8. The van der Waals surface area contributed by atoms with Gasteiger partial charge in [-0.05, 0) is 13.8 Å². The van der Waals surface area contributed by atoms with Crippen molar-refractivity contribution in [1.82, 2.24) is 0 Å². The van der Waals surface area contributed by atoms with Crippen LogP contribution in [0.2, 0.25) is 0 Å². The molecule has 8 nitrogen and oxygen atoms in total. The standard InChI is InChI=1S/C20H28O8/c1-13(2)17(21)23-9-15-11-25-19(27-15)5-7-20(8-6-19)26-12-16(28-20)10-24-18(22)14(3)4/h15-16H,1,3,5-12H2,2,4H3. The van der Waals surface area contributed by atoms with Crippen LogP contribution in [0.4, 0.5) is 0 Å². The maximum atomic E-state index is 11.5. The van der Waals surface area contributed by atoms with Crippen molar-refractivity contribution in [2.75, 3.05) is 26.4 Å². The Balaban J connectivity index is 1.43. The summed E-state index contributed by atoms with van der Waals surface area (Å²) < 4.78 is 34.2. The van der Waals surface area contributed by atoms with Gasteiger partial charge in [0.05, 0.1) is 13.2 Å². The van der Waals surface area contributed by atoms with E-state index in [4.69, 9.17) is 28.4 Å². The average Bonchev–Trinajstić information content (AvgIpc) is 3.25. The molecule has 2 atom stereocenters. The van der Waals surface area contributed by atoms with E-state index in [9.17, 15) is 9.59 Å². The minimum absolute atomic E-state index is 0.141. The van der Waals surface area contributed by atoms with Gasteiger partial charge in [-0.25, -0.2) is 9.59 Å². The van der Waals surface area contributed by atoms with E-state index in [2.05, 4.69) is 13.2 Å². The molecule has 2 heterocycles. The Morgan fingerprint density at radius 3 is 1.50 bits per heavy atom. The second kappa shape index (κ2) is 8.32. The smallest absolute Gasteiger partial charge is 0.333 e. The zero-order chi connectivity index (χ0) is 20.4. The Kier molecular flexibility index (Phi) is 6.24. The van der Waals surface area contributed by atoms with E-state index in [0.29, 0.717) is 50.0 Å². The number of rotatable bonds is 6. The van der Waals surface area contributed by atoms with Gasteiger partial charge in [-0.3, -0.25) is 0 Å². The summed E-state index contributed by atoms with van der Waals surface area (Å²) in [5, 5.41) is 0. The summed E-state index contributed by atoms with van der Waals surface area (Å²) in [6.07, 6.45) is 1.84. The monoisotopic (exact) mass is 396 g/mol. The van der Waals surface area contributed by atoms with Crippen LogP contribution in [0, 0.1) is 0 Å². The maximum absolute atomic E-state index is 11.5. The summed E-state index contributed by atoms with van der Waals surface area (Å²) in [5.74, 6) is -2.25. The third-order valence-corrected chi connectivity index (χ3v) is 5.10. The van der Waals surface area contributed by atoms with Gasteiger partial charge >= 0.3 is 11.9 Å². The summed E-state index contributed by atoms with van der Waals surface area (Å²) in [5.41, 5.74) is 0.708. The highest BCUT2D eigenvalue weighted by molar-refractivity contribution is 5.87. The maximum Gasteiger partial charge on any atom is 0.333 e. The fourth-order valence-electron chi connectivity index (χ4n) is 3.52. The molecule has 0 bridgehead atoms. The van der Waals surface area contributed by atoms with Crippen LogP contribution in [-0.2, 0) is 38.0 Å². The molecule has 0 radical (unpaired) electrons. The molecule has 0 amide bonds. The zero-order valence-corrected chi connectivity index (χ0v) is 16.5. The van der Waals surface area contributed by atoms with E-state index < -0.39 is 23.5 Å². The number of carbonyl (C=O) groups is 2. The molecular weight excluding hydrogens is 368 g/mol. The first kappa shape index (κ1) is 21.0. The lowest BCUT2D eigenvalue weighted by molar-refractivity contribution is -0.260. The predicted octanol–water partition coefficient (Wildman–Crippen LogP) is 2.02. The van der Waals surface area contributed by atoms with E-state index in [1.807, 2.05) is 0 Å². The first-order chi connectivity index (χ1) is 13.2. The molecule has 0 aromatic carbocycles. The third-order valence-electron chi connectivity index (χ3n) is 5.10.